The maximum atomic E-state index is 12.7. The Morgan fingerprint density at radius 3 is 2.72 bits per heavy atom. The Bertz CT molecular complexity index is 1050. The van der Waals surface area contributed by atoms with Crippen LogP contribution in [0.1, 0.15) is 10.5 Å². The second-order valence-electron chi connectivity index (χ2n) is 6.66. The van der Waals surface area contributed by atoms with Gasteiger partial charge in [-0.05, 0) is 30.3 Å². The molecule has 1 N–H and O–H groups in total. The van der Waals surface area contributed by atoms with Gasteiger partial charge in [0.1, 0.15) is 18.1 Å². The summed E-state index contributed by atoms with van der Waals surface area (Å²) in [6.07, 6.45) is -5.12. The minimum Gasteiger partial charge on any atom is -0.486 e. The fourth-order valence-electron chi connectivity index (χ4n) is 3.17. The van der Waals surface area contributed by atoms with Gasteiger partial charge in [0.15, 0.2) is 17.6 Å². The number of alkyl halides is 3. The molecule has 6 nitrogen and oxygen atoms in total. The lowest BCUT2D eigenvalue weighted by molar-refractivity contribution is -0.274. The second kappa shape index (κ2) is 7.23. The van der Waals surface area contributed by atoms with Gasteiger partial charge in [-0.3, -0.25) is 4.79 Å². The highest BCUT2D eigenvalue weighted by Crippen LogP contribution is 2.31. The summed E-state index contributed by atoms with van der Waals surface area (Å²) in [6.45, 7) is 0.588. The zero-order valence-corrected chi connectivity index (χ0v) is 15.3. The lowest BCUT2D eigenvalue weighted by atomic mass is 10.2. The molecule has 0 fully saturated rings. The van der Waals surface area contributed by atoms with E-state index in [4.69, 9.17) is 9.47 Å². The number of carbonyl (C=O) groups is 1. The number of aromatic amines is 1. The van der Waals surface area contributed by atoms with E-state index in [1.807, 2.05) is 18.2 Å². The van der Waals surface area contributed by atoms with Crippen molar-refractivity contribution < 1.29 is 32.2 Å². The largest absolute Gasteiger partial charge is 0.573 e. The summed E-state index contributed by atoms with van der Waals surface area (Å²) >= 11 is 0. The number of halogens is 3. The fourth-order valence-corrected chi connectivity index (χ4v) is 3.17. The van der Waals surface area contributed by atoms with Gasteiger partial charge in [-0.1, -0.05) is 12.1 Å². The molecule has 1 atom stereocenters. The Morgan fingerprint density at radius 2 is 1.97 bits per heavy atom. The first-order valence-corrected chi connectivity index (χ1v) is 8.81. The third-order valence-electron chi connectivity index (χ3n) is 4.45. The predicted octanol–water partition coefficient (Wildman–Crippen LogP) is 3.98. The molecule has 0 radical (unpaired) electrons. The van der Waals surface area contributed by atoms with E-state index in [1.54, 1.807) is 19.2 Å². The molecule has 0 saturated heterocycles. The van der Waals surface area contributed by atoms with Crippen LogP contribution in [0.15, 0.2) is 48.5 Å². The number of aromatic nitrogens is 1. The van der Waals surface area contributed by atoms with E-state index in [-0.39, 0.29) is 30.0 Å². The van der Waals surface area contributed by atoms with E-state index >= 15 is 0 Å². The molecule has 152 valence electrons. The molecule has 3 aromatic rings. The van der Waals surface area contributed by atoms with Crippen LogP contribution in [0.5, 0.6) is 17.2 Å². The van der Waals surface area contributed by atoms with E-state index in [2.05, 4.69) is 9.72 Å². The Balaban J connectivity index is 1.45. The Morgan fingerprint density at radius 1 is 1.21 bits per heavy atom. The summed E-state index contributed by atoms with van der Waals surface area (Å²) in [5.41, 5.74) is 0.624. The summed E-state index contributed by atoms with van der Waals surface area (Å²) in [6, 6.07) is 12.7. The van der Waals surface area contributed by atoms with Gasteiger partial charge in [0.05, 0.1) is 6.54 Å². The number of hydrogen-bond donors (Lipinski definition) is 1. The van der Waals surface area contributed by atoms with Crippen molar-refractivity contribution in [2.75, 3.05) is 20.2 Å². The number of likely N-dealkylation sites (N-methyl/N-ethyl adjacent to an activating group) is 1. The van der Waals surface area contributed by atoms with Crippen molar-refractivity contribution in [3.8, 4) is 17.2 Å². The molecule has 1 aliphatic heterocycles. The molecule has 29 heavy (non-hydrogen) atoms. The first-order valence-electron chi connectivity index (χ1n) is 8.81. The minimum atomic E-state index is -4.78. The van der Waals surface area contributed by atoms with Gasteiger partial charge in [0.2, 0.25) is 0 Å². The van der Waals surface area contributed by atoms with Crippen LogP contribution in [0.4, 0.5) is 13.2 Å². The number of para-hydroxylation sites is 2. The number of amides is 1. The van der Waals surface area contributed by atoms with Crippen molar-refractivity contribution in [3.63, 3.8) is 0 Å². The van der Waals surface area contributed by atoms with Crippen LogP contribution in [0.25, 0.3) is 10.9 Å². The predicted molar refractivity (Wildman–Crippen MR) is 98.3 cm³/mol. The van der Waals surface area contributed by atoms with Crippen LogP contribution in [-0.2, 0) is 0 Å². The second-order valence-corrected chi connectivity index (χ2v) is 6.66. The topological polar surface area (TPSA) is 63.8 Å². The third-order valence-corrected chi connectivity index (χ3v) is 4.45. The number of H-pyrrole nitrogens is 1. The number of nitrogens with zero attached hydrogens (tertiary/aromatic N) is 1. The number of ether oxygens (including phenoxy) is 3. The van der Waals surface area contributed by atoms with Gasteiger partial charge in [-0.15, -0.1) is 13.2 Å². The Hall–Kier alpha value is -3.36. The van der Waals surface area contributed by atoms with Crippen molar-refractivity contribution in [1.82, 2.24) is 9.88 Å². The summed E-state index contributed by atoms with van der Waals surface area (Å²) in [5, 5.41) is 0.599. The first-order chi connectivity index (χ1) is 13.8. The molecule has 1 aromatic heterocycles. The molecule has 1 unspecified atom stereocenters. The fraction of sp³-hybridized carbons (Fsp3) is 0.250. The van der Waals surface area contributed by atoms with E-state index in [9.17, 15) is 18.0 Å². The van der Waals surface area contributed by atoms with Gasteiger partial charge < -0.3 is 24.1 Å². The monoisotopic (exact) mass is 406 g/mol. The molecule has 1 aliphatic rings. The lowest BCUT2D eigenvalue weighted by Gasteiger charge is -2.29. The van der Waals surface area contributed by atoms with Crippen molar-refractivity contribution in [3.05, 3.63) is 54.2 Å². The highest BCUT2D eigenvalue weighted by atomic mass is 19.4. The number of fused-ring (bicyclic) bond motifs is 2. The summed E-state index contributed by atoms with van der Waals surface area (Å²) in [7, 11) is 1.62. The number of nitrogens with one attached hydrogen (secondary N) is 1. The molecule has 2 aromatic carbocycles. The average Bonchev–Trinajstić information content (AvgIpc) is 3.09. The van der Waals surface area contributed by atoms with Crippen LogP contribution >= 0.6 is 0 Å². The Kier molecular flexibility index (Phi) is 4.73. The lowest BCUT2D eigenvalue weighted by Crippen LogP contribution is -2.41. The maximum Gasteiger partial charge on any atom is 0.573 e. The number of carbonyl (C=O) groups excluding carboxylic acids is 1. The zero-order valence-electron chi connectivity index (χ0n) is 15.3. The van der Waals surface area contributed by atoms with Gasteiger partial charge in [-0.25, -0.2) is 0 Å². The maximum absolute atomic E-state index is 12.7. The standard InChI is InChI=1S/C20H17F3N2O4/c1-25(10-14-11-27-17-4-2-3-5-18(17)28-14)19(26)16-8-12-6-7-13(9-15(12)24-16)29-20(21,22)23/h2-9,14,24H,10-11H2,1H3. The summed E-state index contributed by atoms with van der Waals surface area (Å²) in [4.78, 5) is 17.1. The third kappa shape index (κ3) is 4.23. The number of hydrogen-bond acceptors (Lipinski definition) is 4. The van der Waals surface area contributed by atoms with Crippen LogP contribution in [0, 0.1) is 0 Å². The molecule has 2 heterocycles. The highest BCUT2D eigenvalue weighted by molar-refractivity contribution is 5.98. The van der Waals surface area contributed by atoms with Crippen molar-refractivity contribution in [2.24, 2.45) is 0 Å². The number of rotatable bonds is 4. The smallest absolute Gasteiger partial charge is 0.486 e. The molecule has 0 bridgehead atoms. The molecule has 0 saturated carbocycles. The summed E-state index contributed by atoms with van der Waals surface area (Å²) in [5.74, 6) is 0.602. The van der Waals surface area contributed by atoms with Gasteiger partial charge >= 0.3 is 6.36 Å². The van der Waals surface area contributed by atoms with E-state index in [0.29, 0.717) is 29.0 Å². The molecule has 9 heteroatoms. The SMILES string of the molecule is CN(CC1COc2ccccc2O1)C(=O)c1cc2ccc(OC(F)(F)F)cc2[nH]1. The van der Waals surface area contributed by atoms with Crippen molar-refractivity contribution >= 4 is 16.8 Å². The average molecular weight is 406 g/mol. The molecule has 1 amide bonds. The first kappa shape index (κ1) is 19.0. The minimum absolute atomic E-state index is 0.254. The molecule has 4 rings (SSSR count). The van der Waals surface area contributed by atoms with E-state index < -0.39 is 6.36 Å². The Labute approximate surface area is 163 Å². The van der Waals surface area contributed by atoms with E-state index in [1.165, 1.54) is 23.1 Å². The molecule has 0 spiro atoms. The quantitative estimate of drug-likeness (QED) is 0.712. The van der Waals surface area contributed by atoms with Gasteiger partial charge in [0, 0.05) is 24.0 Å². The van der Waals surface area contributed by atoms with Crippen molar-refractivity contribution in [1.29, 1.82) is 0 Å². The van der Waals surface area contributed by atoms with Gasteiger partial charge in [0.25, 0.3) is 5.91 Å². The number of benzene rings is 2. The molecular weight excluding hydrogens is 389 g/mol. The van der Waals surface area contributed by atoms with E-state index in [0.717, 1.165) is 0 Å². The molecular formula is C20H17F3N2O4. The normalized spacial score (nSPS) is 15.9. The zero-order chi connectivity index (χ0) is 20.6. The van der Waals surface area contributed by atoms with Crippen LogP contribution < -0.4 is 14.2 Å². The highest BCUT2D eigenvalue weighted by Gasteiger charge is 2.31. The van der Waals surface area contributed by atoms with Crippen LogP contribution in [0.3, 0.4) is 0 Å². The van der Waals surface area contributed by atoms with Gasteiger partial charge in [-0.2, -0.15) is 0 Å². The summed E-state index contributed by atoms with van der Waals surface area (Å²) < 4.78 is 52.6. The molecule has 0 aliphatic carbocycles. The van der Waals surface area contributed by atoms with Crippen LogP contribution in [-0.4, -0.2) is 48.5 Å². The van der Waals surface area contributed by atoms with Crippen molar-refractivity contribution in [2.45, 2.75) is 12.5 Å². The van der Waals surface area contributed by atoms with Crippen LogP contribution in [0.2, 0.25) is 0 Å².